The van der Waals surface area contributed by atoms with Gasteiger partial charge in [-0.25, -0.2) is 4.79 Å². The lowest BCUT2D eigenvalue weighted by Gasteiger charge is -2.17. The number of carbonyl (C=O) groups is 1. The van der Waals surface area contributed by atoms with Crippen LogP contribution >= 0.6 is 11.3 Å². The maximum Gasteiger partial charge on any atom is 0.315 e. The second-order valence-corrected chi connectivity index (χ2v) is 6.78. The van der Waals surface area contributed by atoms with Crippen molar-refractivity contribution in [3.8, 4) is 0 Å². The van der Waals surface area contributed by atoms with E-state index in [9.17, 15) is 4.79 Å². The fourth-order valence-corrected chi connectivity index (χ4v) is 3.56. The lowest BCUT2D eigenvalue weighted by molar-refractivity contribution is 0.0314. The van der Waals surface area contributed by atoms with Gasteiger partial charge in [-0.05, 0) is 27.8 Å². The number of hydrogen-bond acceptors (Lipinski definition) is 4. The summed E-state index contributed by atoms with van der Waals surface area (Å²) < 4.78 is 5.62. The number of nitrogens with one attached hydrogen (secondary N) is 2. The van der Waals surface area contributed by atoms with Gasteiger partial charge in [0.1, 0.15) is 6.10 Å². The monoisotopic (exact) mass is 370 g/mol. The van der Waals surface area contributed by atoms with E-state index in [1.807, 2.05) is 41.8 Å². The highest BCUT2D eigenvalue weighted by Gasteiger charge is 2.14. The van der Waals surface area contributed by atoms with Crippen molar-refractivity contribution in [3.05, 3.63) is 70.4 Å². The molecule has 3 N–H and O–H groups in total. The molecule has 0 aliphatic carbocycles. The summed E-state index contributed by atoms with van der Waals surface area (Å²) in [6.45, 7) is 0.993. The van der Waals surface area contributed by atoms with Crippen LogP contribution in [0.2, 0.25) is 0 Å². The van der Waals surface area contributed by atoms with Crippen molar-refractivity contribution in [3.63, 3.8) is 0 Å². The molecule has 0 bridgehead atoms. The van der Waals surface area contributed by atoms with Crippen molar-refractivity contribution in [2.24, 2.45) is 0 Å². The molecule has 2 amide bonds. The van der Waals surface area contributed by atoms with Crippen molar-refractivity contribution in [2.75, 3.05) is 19.8 Å². The van der Waals surface area contributed by atoms with Crippen molar-refractivity contribution in [2.45, 2.75) is 12.6 Å². The molecule has 0 aliphatic heterocycles. The van der Waals surface area contributed by atoms with Gasteiger partial charge < -0.3 is 20.5 Å². The summed E-state index contributed by atoms with van der Waals surface area (Å²) in [6.07, 6.45) is -0.259. The Hall–Kier alpha value is -2.41. The Morgan fingerprint density at radius 1 is 1.08 bits per heavy atom. The van der Waals surface area contributed by atoms with Crippen LogP contribution in [0.25, 0.3) is 10.8 Å². The highest BCUT2D eigenvalue weighted by molar-refractivity contribution is 7.10. The first-order valence-electron chi connectivity index (χ1n) is 8.52. The van der Waals surface area contributed by atoms with Gasteiger partial charge in [0.15, 0.2) is 0 Å². The van der Waals surface area contributed by atoms with Gasteiger partial charge in [0.25, 0.3) is 0 Å². The molecule has 0 radical (unpaired) electrons. The van der Waals surface area contributed by atoms with Gasteiger partial charge in [-0.2, -0.15) is 0 Å². The third-order valence-electron chi connectivity index (χ3n) is 4.04. The van der Waals surface area contributed by atoms with E-state index in [4.69, 9.17) is 9.84 Å². The van der Waals surface area contributed by atoms with Gasteiger partial charge in [0, 0.05) is 11.4 Å². The maximum atomic E-state index is 12.2. The molecule has 1 atom stereocenters. The molecule has 0 spiro atoms. The molecule has 0 unspecified atom stereocenters. The summed E-state index contributed by atoms with van der Waals surface area (Å²) in [5.74, 6) is 0. The third-order valence-corrected chi connectivity index (χ3v) is 5.00. The highest BCUT2D eigenvalue weighted by atomic mass is 32.1. The van der Waals surface area contributed by atoms with Crippen molar-refractivity contribution in [1.29, 1.82) is 0 Å². The standard InChI is InChI=1S/C20H22N2O3S/c23-10-11-25-18(19-9-4-12-26-19)14-22-20(24)21-13-16-7-3-6-15-5-1-2-8-17(15)16/h1-9,12,18,23H,10-11,13-14H2,(H2,21,22,24)/t18-/m0/s1. The number of thiophene rings is 1. The average Bonchev–Trinajstić information content (AvgIpc) is 3.21. The van der Waals surface area contributed by atoms with Gasteiger partial charge in [-0.1, -0.05) is 48.5 Å². The fraction of sp³-hybridized carbons (Fsp3) is 0.250. The summed E-state index contributed by atoms with van der Waals surface area (Å²) in [5, 5.41) is 19.0. The minimum Gasteiger partial charge on any atom is -0.394 e. The predicted octanol–water partition coefficient (Wildman–Crippen LogP) is 3.45. The maximum absolute atomic E-state index is 12.2. The molecule has 3 rings (SSSR count). The number of urea groups is 1. The smallest absolute Gasteiger partial charge is 0.315 e. The van der Waals surface area contributed by atoms with Crippen molar-refractivity contribution in [1.82, 2.24) is 10.6 Å². The van der Waals surface area contributed by atoms with Crippen LogP contribution < -0.4 is 10.6 Å². The number of amides is 2. The third kappa shape index (κ3) is 4.82. The molecule has 0 fully saturated rings. The number of carbonyl (C=O) groups excluding carboxylic acids is 1. The molecule has 3 aromatic rings. The number of aliphatic hydroxyl groups excluding tert-OH is 1. The van der Waals surface area contributed by atoms with Crippen LogP contribution in [0.3, 0.4) is 0 Å². The van der Waals surface area contributed by atoms with Crippen LogP contribution in [0.15, 0.2) is 60.0 Å². The molecule has 0 aliphatic rings. The Bertz CT molecular complexity index is 831. The summed E-state index contributed by atoms with van der Waals surface area (Å²) in [7, 11) is 0. The molecule has 1 heterocycles. The molecule has 0 saturated carbocycles. The van der Waals surface area contributed by atoms with Gasteiger partial charge in [0.05, 0.1) is 19.8 Å². The Balaban J connectivity index is 1.54. The molecule has 2 aromatic carbocycles. The Labute approximate surface area is 156 Å². The van der Waals surface area contributed by atoms with Gasteiger partial charge in [-0.15, -0.1) is 11.3 Å². The largest absolute Gasteiger partial charge is 0.394 e. The number of fused-ring (bicyclic) bond motifs is 1. The average molecular weight is 370 g/mol. The predicted molar refractivity (Wildman–Crippen MR) is 104 cm³/mol. The molecule has 6 heteroatoms. The molecule has 26 heavy (non-hydrogen) atoms. The zero-order valence-electron chi connectivity index (χ0n) is 14.4. The Morgan fingerprint density at radius 3 is 2.73 bits per heavy atom. The fourth-order valence-electron chi connectivity index (χ4n) is 2.78. The molecule has 1 aromatic heterocycles. The number of aliphatic hydroxyl groups is 1. The minimum atomic E-state index is -0.259. The quantitative estimate of drug-likeness (QED) is 0.569. The van der Waals surface area contributed by atoms with Crippen LogP contribution in [0.1, 0.15) is 16.5 Å². The Kier molecular flexibility index (Phi) is 6.60. The molecular weight excluding hydrogens is 348 g/mol. The summed E-state index contributed by atoms with van der Waals surface area (Å²) in [4.78, 5) is 13.2. The van der Waals surface area contributed by atoms with Crippen molar-refractivity contribution < 1.29 is 14.6 Å². The first kappa shape index (κ1) is 18.4. The summed E-state index contributed by atoms with van der Waals surface area (Å²) in [5.41, 5.74) is 1.07. The topological polar surface area (TPSA) is 70.6 Å². The van der Waals surface area contributed by atoms with Crippen LogP contribution in [0.5, 0.6) is 0 Å². The van der Waals surface area contributed by atoms with E-state index < -0.39 is 0 Å². The molecule has 5 nitrogen and oxygen atoms in total. The SMILES string of the molecule is O=C(NCc1cccc2ccccc12)NC[C@H](OCCO)c1cccs1. The van der Waals surface area contributed by atoms with E-state index in [0.29, 0.717) is 13.1 Å². The molecule has 0 saturated heterocycles. The van der Waals surface area contributed by atoms with Crippen LogP contribution in [-0.2, 0) is 11.3 Å². The molecular formula is C20H22N2O3S. The number of ether oxygens (including phenoxy) is 1. The summed E-state index contributed by atoms with van der Waals surface area (Å²) in [6, 6.07) is 17.8. The van der Waals surface area contributed by atoms with Gasteiger partial charge >= 0.3 is 6.03 Å². The van der Waals surface area contributed by atoms with E-state index in [-0.39, 0.29) is 25.3 Å². The zero-order chi connectivity index (χ0) is 18.2. The highest BCUT2D eigenvalue weighted by Crippen LogP contribution is 2.22. The second-order valence-electron chi connectivity index (χ2n) is 5.80. The van der Waals surface area contributed by atoms with Crippen LogP contribution in [0, 0.1) is 0 Å². The minimum absolute atomic E-state index is 0.0465. The van der Waals surface area contributed by atoms with Crippen molar-refractivity contribution >= 4 is 28.1 Å². The number of hydrogen-bond donors (Lipinski definition) is 3. The van der Waals surface area contributed by atoms with E-state index in [0.717, 1.165) is 21.2 Å². The number of rotatable bonds is 8. The van der Waals surface area contributed by atoms with Crippen LogP contribution in [0.4, 0.5) is 4.79 Å². The zero-order valence-corrected chi connectivity index (χ0v) is 15.2. The molecule has 136 valence electrons. The lowest BCUT2D eigenvalue weighted by atomic mass is 10.0. The van der Waals surface area contributed by atoms with E-state index in [1.54, 1.807) is 11.3 Å². The first-order chi connectivity index (χ1) is 12.8. The summed E-state index contributed by atoms with van der Waals surface area (Å²) >= 11 is 1.57. The van der Waals surface area contributed by atoms with E-state index in [1.165, 1.54) is 0 Å². The van der Waals surface area contributed by atoms with Gasteiger partial charge in [0.2, 0.25) is 0 Å². The van der Waals surface area contributed by atoms with E-state index in [2.05, 4.69) is 28.8 Å². The first-order valence-corrected chi connectivity index (χ1v) is 9.40. The van der Waals surface area contributed by atoms with Gasteiger partial charge in [-0.3, -0.25) is 0 Å². The van der Waals surface area contributed by atoms with E-state index >= 15 is 0 Å². The lowest BCUT2D eigenvalue weighted by Crippen LogP contribution is -2.38. The van der Waals surface area contributed by atoms with Crippen LogP contribution in [-0.4, -0.2) is 30.9 Å². The second kappa shape index (κ2) is 9.33. The normalized spacial score (nSPS) is 12.0. The Morgan fingerprint density at radius 2 is 1.92 bits per heavy atom. The number of benzene rings is 2.